The number of carbonyl (C=O) groups is 1. The first-order valence-corrected chi connectivity index (χ1v) is 6.21. The molecule has 0 aromatic carbocycles. The molecule has 4 nitrogen and oxygen atoms in total. The molecule has 0 aromatic rings. The number of methoxy groups -OCH3 is 1. The number of amides is 1. The molecule has 1 atom stereocenters. The van der Waals surface area contributed by atoms with E-state index in [1.165, 1.54) is 12.8 Å². The third kappa shape index (κ3) is 6.80. The van der Waals surface area contributed by atoms with Crippen molar-refractivity contribution in [3.8, 4) is 0 Å². The number of rotatable bonds is 9. The lowest BCUT2D eigenvalue weighted by Crippen LogP contribution is -2.29. The number of hydrogen-bond donors (Lipinski definition) is 2. The molecule has 1 fully saturated rings. The van der Waals surface area contributed by atoms with Gasteiger partial charge in [-0.15, -0.1) is 0 Å². The maximum absolute atomic E-state index is 11.5. The van der Waals surface area contributed by atoms with Gasteiger partial charge in [0.15, 0.2) is 0 Å². The molecule has 1 aliphatic carbocycles. The zero-order valence-corrected chi connectivity index (χ0v) is 10.4. The highest BCUT2D eigenvalue weighted by atomic mass is 16.5. The molecule has 0 radical (unpaired) electrons. The molecular formula is C12H24N2O2. The number of ether oxygens (including phenoxy) is 1. The van der Waals surface area contributed by atoms with Gasteiger partial charge >= 0.3 is 0 Å². The number of carbonyl (C=O) groups excluding carboxylic acids is 1. The van der Waals surface area contributed by atoms with E-state index in [0.29, 0.717) is 18.9 Å². The van der Waals surface area contributed by atoms with Crippen LogP contribution in [-0.4, -0.2) is 38.8 Å². The zero-order chi connectivity index (χ0) is 11.8. The molecule has 0 spiro atoms. The van der Waals surface area contributed by atoms with Crippen molar-refractivity contribution in [3.63, 3.8) is 0 Å². The molecule has 0 saturated heterocycles. The Morgan fingerprint density at radius 2 is 2.19 bits per heavy atom. The SMILES string of the molecule is COCC(C)CC(=O)NCCCNC1CC1. The Morgan fingerprint density at radius 1 is 1.44 bits per heavy atom. The lowest BCUT2D eigenvalue weighted by atomic mass is 10.1. The molecule has 0 aromatic heterocycles. The van der Waals surface area contributed by atoms with Gasteiger partial charge in [0.2, 0.25) is 5.91 Å². The summed E-state index contributed by atoms with van der Waals surface area (Å²) in [6.07, 6.45) is 4.21. The van der Waals surface area contributed by atoms with Gasteiger partial charge in [0, 0.05) is 32.7 Å². The molecule has 0 bridgehead atoms. The van der Waals surface area contributed by atoms with Crippen LogP contribution in [0.4, 0.5) is 0 Å². The summed E-state index contributed by atoms with van der Waals surface area (Å²) in [5, 5.41) is 6.35. The normalized spacial score (nSPS) is 17.1. The summed E-state index contributed by atoms with van der Waals surface area (Å²) in [7, 11) is 1.66. The van der Waals surface area contributed by atoms with Crippen molar-refractivity contribution in [2.45, 2.75) is 38.6 Å². The van der Waals surface area contributed by atoms with Crippen molar-refractivity contribution < 1.29 is 9.53 Å². The predicted molar refractivity (Wildman–Crippen MR) is 64.3 cm³/mol. The van der Waals surface area contributed by atoms with Gasteiger partial charge in [0.05, 0.1) is 0 Å². The van der Waals surface area contributed by atoms with Gasteiger partial charge in [0.1, 0.15) is 0 Å². The fourth-order valence-electron chi connectivity index (χ4n) is 1.64. The fourth-order valence-corrected chi connectivity index (χ4v) is 1.64. The van der Waals surface area contributed by atoms with Crippen molar-refractivity contribution in [2.24, 2.45) is 5.92 Å². The van der Waals surface area contributed by atoms with E-state index >= 15 is 0 Å². The first-order chi connectivity index (χ1) is 7.72. The third-order valence-electron chi connectivity index (χ3n) is 2.67. The largest absolute Gasteiger partial charge is 0.384 e. The maximum Gasteiger partial charge on any atom is 0.220 e. The van der Waals surface area contributed by atoms with Crippen LogP contribution < -0.4 is 10.6 Å². The average Bonchev–Trinajstić information content (AvgIpc) is 3.01. The number of nitrogens with one attached hydrogen (secondary N) is 2. The van der Waals surface area contributed by atoms with E-state index in [1.807, 2.05) is 6.92 Å². The summed E-state index contributed by atoms with van der Waals surface area (Å²) in [6, 6.07) is 0.762. The zero-order valence-electron chi connectivity index (χ0n) is 10.4. The Bertz CT molecular complexity index is 205. The van der Waals surface area contributed by atoms with Crippen LogP contribution in [0.1, 0.15) is 32.6 Å². The van der Waals surface area contributed by atoms with Gasteiger partial charge in [-0.3, -0.25) is 4.79 Å². The molecular weight excluding hydrogens is 204 g/mol. The van der Waals surface area contributed by atoms with Crippen molar-refractivity contribution in [3.05, 3.63) is 0 Å². The smallest absolute Gasteiger partial charge is 0.220 e. The van der Waals surface area contributed by atoms with Crippen LogP contribution in [0.2, 0.25) is 0 Å². The van der Waals surface area contributed by atoms with Gasteiger partial charge < -0.3 is 15.4 Å². The molecule has 1 saturated carbocycles. The highest BCUT2D eigenvalue weighted by Gasteiger charge is 2.19. The van der Waals surface area contributed by atoms with E-state index in [1.54, 1.807) is 7.11 Å². The molecule has 0 heterocycles. The first kappa shape index (κ1) is 13.5. The van der Waals surface area contributed by atoms with Crippen LogP contribution in [0.3, 0.4) is 0 Å². The topological polar surface area (TPSA) is 50.4 Å². The van der Waals surface area contributed by atoms with E-state index in [2.05, 4.69) is 10.6 Å². The van der Waals surface area contributed by atoms with Crippen LogP contribution in [0.15, 0.2) is 0 Å². The van der Waals surface area contributed by atoms with Gasteiger partial charge in [-0.25, -0.2) is 0 Å². The highest BCUT2D eigenvalue weighted by molar-refractivity contribution is 5.76. The average molecular weight is 228 g/mol. The van der Waals surface area contributed by atoms with E-state index in [4.69, 9.17) is 4.74 Å². The monoisotopic (exact) mass is 228 g/mol. The van der Waals surface area contributed by atoms with E-state index < -0.39 is 0 Å². The molecule has 1 unspecified atom stereocenters. The Kier molecular flexibility index (Phi) is 6.42. The minimum atomic E-state index is 0.135. The van der Waals surface area contributed by atoms with E-state index in [-0.39, 0.29) is 5.91 Å². The summed E-state index contributed by atoms with van der Waals surface area (Å²) in [6.45, 7) is 4.46. The van der Waals surface area contributed by atoms with Crippen molar-refractivity contribution in [1.82, 2.24) is 10.6 Å². The Hall–Kier alpha value is -0.610. The van der Waals surface area contributed by atoms with Crippen LogP contribution in [-0.2, 0) is 9.53 Å². The van der Waals surface area contributed by atoms with Crippen molar-refractivity contribution in [2.75, 3.05) is 26.8 Å². The fraction of sp³-hybridized carbons (Fsp3) is 0.917. The van der Waals surface area contributed by atoms with Crippen LogP contribution in [0.5, 0.6) is 0 Å². The van der Waals surface area contributed by atoms with Gasteiger partial charge in [-0.1, -0.05) is 6.92 Å². The standard InChI is InChI=1S/C12H24N2O2/c1-10(9-16-2)8-12(15)14-7-3-6-13-11-4-5-11/h10-11,13H,3-9H2,1-2H3,(H,14,15). The van der Waals surface area contributed by atoms with Gasteiger partial charge in [-0.05, 0) is 31.7 Å². The molecule has 0 aliphatic heterocycles. The van der Waals surface area contributed by atoms with Crippen LogP contribution >= 0.6 is 0 Å². The summed E-state index contributed by atoms with van der Waals surface area (Å²) >= 11 is 0. The predicted octanol–water partition coefficient (Wildman–Crippen LogP) is 0.917. The molecule has 1 aliphatic rings. The summed E-state index contributed by atoms with van der Waals surface area (Å²) in [5.41, 5.74) is 0. The van der Waals surface area contributed by atoms with Crippen LogP contribution in [0, 0.1) is 5.92 Å². The highest BCUT2D eigenvalue weighted by Crippen LogP contribution is 2.18. The summed E-state index contributed by atoms with van der Waals surface area (Å²) in [4.78, 5) is 11.5. The molecule has 16 heavy (non-hydrogen) atoms. The van der Waals surface area contributed by atoms with Crippen molar-refractivity contribution >= 4 is 5.91 Å². The summed E-state index contributed by atoms with van der Waals surface area (Å²) < 4.78 is 4.99. The molecule has 1 rings (SSSR count). The summed E-state index contributed by atoms with van der Waals surface area (Å²) in [5.74, 6) is 0.436. The molecule has 2 N–H and O–H groups in total. The van der Waals surface area contributed by atoms with E-state index in [9.17, 15) is 4.79 Å². The molecule has 4 heteroatoms. The van der Waals surface area contributed by atoms with E-state index in [0.717, 1.165) is 25.6 Å². The minimum absolute atomic E-state index is 0.135. The number of hydrogen-bond acceptors (Lipinski definition) is 3. The second kappa shape index (κ2) is 7.63. The maximum atomic E-state index is 11.5. The Balaban J connectivity index is 1.88. The van der Waals surface area contributed by atoms with Gasteiger partial charge in [0.25, 0.3) is 0 Å². The third-order valence-corrected chi connectivity index (χ3v) is 2.67. The minimum Gasteiger partial charge on any atom is -0.384 e. The second-order valence-electron chi connectivity index (χ2n) is 4.70. The lowest BCUT2D eigenvalue weighted by Gasteiger charge is -2.10. The second-order valence-corrected chi connectivity index (χ2v) is 4.70. The quantitative estimate of drug-likeness (QED) is 0.577. The van der Waals surface area contributed by atoms with Crippen LogP contribution in [0.25, 0.3) is 0 Å². The Labute approximate surface area is 98.1 Å². The van der Waals surface area contributed by atoms with Gasteiger partial charge in [-0.2, -0.15) is 0 Å². The molecule has 1 amide bonds. The lowest BCUT2D eigenvalue weighted by molar-refractivity contribution is -0.122. The molecule has 94 valence electrons. The van der Waals surface area contributed by atoms with Crippen molar-refractivity contribution in [1.29, 1.82) is 0 Å². The Morgan fingerprint density at radius 3 is 2.81 bits per heavy atom. The first-order valence-electron chi connectivity index (χ1n) is 6.21.